The molecule has 0 amide bonds. The maximum absolute atomic E-state index is 12.0. The van der Waals surface area contributed by atoms with Crippen LogP contribution in [0.25, 0.3) is 0 Å². The zero-order chi connectivity index (χ0) is 24.8. The molecule has 0 rings (SSSR count). The molecule has 6 heteroatoms. The van der Waals surface area contributed by atoms with Crippen molar-refractivity contribution in [3.05, 3.63) is 0 Å². The van der Waals surface area contributed by atoms with Gasteiger partial charge in [-0.25, -0.2) is 0 Å². The fraction of sp³-hybridized carbons (Fsp3) is 0.929. The van der Waals surface area contributed by atoms with Crippen molar-refractivity contribution >= 4 is 23.7 Å². The molecule has 1 N–H and O–H groups in total. The monoisotopic (exact) mass is 548 g/mol. The quantitative estimate of drug-likeness (QED) is 0.0771. The average Bonchev–Trinajstić information content (AvgIpc) is 2.78. The van der Waals surface area contributed by atoms with Gasteiger partial charge in [0.1, 0.15) is 5.60 Å². The molecule has 0 radical (unpaired) electrons. The second-order valence-corrected chi connectivity index (χ2v) is 10.4. The van der Waals surface area contributed by atoms with E-state index in [9.17, 15) is 19.8 Å². The fourth-order valence-electron chi connectivity index (χ4n) is 4.69. The van der Waals surface area contributed by atoms with Gasteiger partial charge in [0.15, 0.2) is 0 Å². The maximum atomic E-state index is 12.0. The molecule has 0 aliphatic rings. The minimum Gasteiger partial charge on any atom is -0.742 e. The van der Waals surface area contributed by atoms with Gasteiger partial charge in [0.25, 0.3) is 0 Å². The van der Waals surface area contributed by atoms with Crippen molar-refractivity contribution in [2.75, 3.05) is 0 Å². The van der Waals surface area contributed by atoms with E-state index >= 15 is 0 Å². The van der Waals surface area contributed by atoms with Crippen molar-refractivity contribution in [1.29, 1.82) is 0 Å². The molecular formula is C28H52O4SZn. The smallest absolute Gasteiger partial charge is 0.742 e. The summed E-state index contributed by atoms with van der Waals surface area (Å²) in [6.07, 6.45) is 23.2. The fourth-order valence-corrected chi connectivity index (χ4v) is 5.00. The van der Waals surface area contributed by atoms with Crippen molar-refractivity contribution in [2.24, 2.45) is 5.92 Å². The van der Waals surface area contributed by atoms with Gasteiger partial charge in [0.05, 0.1) is 5.97 Å². The van der Waals surface area contributed by atoms with Crippen molar-refractivity contribution in [1.82, 2.24) is 0 Å². The van der Waals surface area contributed by atoms with Crippen LogP contribution in [0.1, 0.15) is 155 Å². The summed E-state index contributed by atoms with van der Waals surface area (Å²) in [6.45, 7) is 4.44. The van der Waals surface area contributed by atoms with Gasteiger partial charge in [0, 0.05) is 11.0 Å². The maximum Gasteiger partial charge on any atom is 2.00 e. The molecule has 196 valence electrons. The molecular weight excluding hydrogens is 498 g/mol. The molecule has 0 fully saturated rings. The molecule has 0 aliphatic heterocycles. The van der Waals surface area contributed by atoms with E-state index in [0.717, 1.165) is 38.5 Å². The number of hydrogen-bond acceptors (Lipinski definition) is 5. The molecule has 34 heavy (non-hydrogen) atoms. The minimum absolute atomic E-state index is 0. The van der Waals surface area contributed by atoms with E-state index in [1.54, 1.807) is 0 Å². The van der Waals surface area contributed by atoms with Gasteiger partial charge in [-0.3, -0.25) is 0 Å². The van der Waals surface area contributed by atoms with Gasteiger partial charge in [-0.1, -0.05) is 142 Å². The normalized spacial score (nSPS) is 13.7. The van der Waals surface area contributed by atoms with E-state index in [2.05, 4.69) is 13.8 Å². The van der Waals surface area contributed by atoms with Crippen LogP contribution in [0.4, 0.5) is 0 Å². The Bertz CT molecular complexity index is 489. The summed E-state index contributed by atoms with van der Waals surface area (Å²) in [5, 5.41) is 22.0. The van der Waals surface area contributed by atoms with E-state index in [1.165, 1.54) is 83.5 Å². The summed E-state index contributed by atoms with van der Waals surface area (Å²) in [5.41, 5.74) is -2.13. The molecule has 0 aliphatic carbocycles. The first-order chi connectivity index (χ1) is 15.9. The molecule has 2 atom stereocenters. The van der Waals surface area contributed by atoms with Crippen LogP contribution >= 0.6 is 0 Å². The van der Waals surface area contributed by atoms with Gasteiger partial charge in [-0.15, -0.1) is 0 Å². The Morgan fingerprint density at radius 2 is 1.00 bits per heavy atom. The number of rotatable bonds is 25. The summed E-state index contributed by atoms with van der Waals surface area (Å²) in [7, 11) is 0. The zero-order valence-electron chi connectivity index (χ0n) is 22.4. The Labute approximate surface area is 229 Å². The van der Waals surface area contributed by atoms with Gasteiger partial charge >= 0.3 is 19.5 Å². The van der Waals surface area contributed by atoms with Crippen LogP contribution in [-0.2, 0) is 41.7 Å². The van der Waals surface area contributed by atoms with Crippen LogP contribution in [0.15, 0.2) is 0 Å². The SMILES string of the molecule is CCCCCCCCCCCCC(C(=O)[S-])C(O)(CCCCCCCCCCCC)C(=O)[O-].[Zn+2]. The number of carboxylic acids is 1. The van der Waals surface area contributed by atoms with Crippen molar-refractivity contribution in [2.45, 2.75) is 161 Å². The Morgan fingerprint density at radius 1 is 0.676 bits per heavy atom. The third-order valence-corrected chi connectivity index (χ3v) is 7.26. The summed E-state index contributed by atoms with van der Waals surface area (Å²) >= 11 is 4.83. The first-order valence-corrected chi connectivity index (χ1v) is 14.5. The zero-order valence-corrected chi connectivity index (χ0v) is 26.2. The number of hydrogen-bond donors (Lipinski definition) is 1. The Morgan fingerprint density at radius 3 is 1.32 bits per heavy atom. The van der Waals surface area contributed by atoms with E-state index in [0.29, 0.717) is 12.8 Å². The summed E-state index contributed by atoms with van der Waals surface area (Å²) in [6, 6.07) is 0. The van der Waals surface area contributed by atoms with Crippen molar-refractivity contribution in [3.8, 4) is 0 Å². The molecule has 0 heterocycles. The minimum atomic E-state index is -2.13. The predicted molar refractivity (Wildman–Crippen MR) is 139 cm³/mol. The number of aliphatic carboxylic acids is 1. The molecule has 0 saturated heterocycles. The third-order valence-electron chi connectivity index (χ3n) is 6.97. The summed E-state index contributed by atoms with van der Waals surface area (Å²) < 4.78 is 0. The molecule has 0 aromatic carbocycles. The van der Waals surface area contributed by atoms with Gasteiger partial charge in [-0.05, 0) is 12.8 Å². The number of carboxylic acid groups (broad SMARTS) is 1. The number of carbonyl (C=O) groups is 2. The van der Waals surface area contributed by atoms with E-state index in [-0.39, 0.29) is 25.9 Å². The molecule has 4 nitrogen and oxygen atoms in total. The van der Waals surface area contributed by atoms with Gasteiger partial charge < -0.3 is 32.4 Å². The second kappa shape index (κ2) is 24.6. The van der Waals surface area contributed by atoms with Crippen LogP contribution in [0.5, 0.6) is 0 Å². The Balaban J connectivity index is 0. The van der Waals surface area contributed by atoms with Gasteiger partial charge in [-0.2, -0.15) is 0 Å². The van der Waals surface area contributed by atoms with E-state index in [1.807, 2.05) is 0 Å². The molecule has 0 spiro atoms. The standard InChI is InChI=1S/C28H54O4S.Zn/c1-3-5-7-9-11-13-15-17-19-21-23-25(26(29)33)28(32,27(30)31)24-22-20-18-16-14-12-10-8-6-4-2;/h25,32H,3-24H2,1-2H3,(H,29,33)(H,30,31);/q;+2/p-2. The van der Waals surface area contributed by atoms with Crippen molar-refractivity contribution in [3.63, 3.8) is 0 Å². The second-order valence-electron chi connectivity index (χ2n) is 9.99. The molecule has 0 aromatic heterocycles. The molecule has 0 aromatic rings. The summed E-state index contributed by atoms with van der Waals surface area (Å²) in [5.74, 6) is -2.58. The van der Waals surface area contributed by atoms with Crippen LogP contribution < -0.4 is 5.11 Å². The molecule has 0 saturated carbocycles. The Hall–Kier alpha value is -0.0566. The van der Waals surface area contributed by atoms with Crippen LogP contribution in [0.2, 0.25) is 0 Å². The van der Waals surface area contributed by atoms with Crippen LogP contribution in [0.3, 0.4) is 0 Å². The largest absolute Gasteiger partial charge is 2.00 e. The van der Waals surface area contributed by atoms with E-state index in [4.69, 9.17) is 12.6 Å². The Kier molecular flexibility index (Phi) is 26.2. The predicted octanol–water partition coefficient (Wildman–Crippen LogP) is 6.78. The summed E-state index contributed by atoms with van der Waals surface area (Å²) in [4.78, 5) is 23.8. The topological polar surface area (TPSA) is 77.4 Å². The van der Waals surface area contributed by atoms with Crippen LogP contribution in [-0.4, -0.2) is 21.8 Å². The number of aliphatic hydroxyl groups is 1. The first-order valence-electron chi connectivity index (χ1n) is 14.0. The number of unbranched alkanes of at least 4 members (excludes halogenated alkanes) is 18. The number of carbonyl (C=O) groups excluding carboxylic acids is 2. The van der Waals surface area contributed by atoms with Crippen molar-refractivity contribution < 1.29 is 39.3 Å². The average molecular weight is 550 g/mol. The molecule has 2 unspecified atom stereocenters. The molecule has 0 bridgehead atoms. The van der Waals surface area contributed by atoms with Crippen LogP contribution in [0, 0.1) is 5.92 Å². The van der Waals surface area contributed by atoms with Gasteiger partial charge in [0.2, 0.25) is 0 Å². The van der Waals surface area contributed by atoms with E-state index < -0.39 is 22.6 Å². The third kappa shape index (κ3) is 18.2. The first kappa shape index (κ1) is 36.1.